The van der Waals surface area contributed by atoms with Gasteiger partial charge >= 0.3 is 5.97 Å². The van der Waals surface area contributed by atoms with Gasteiger partial charge in [-0.15, -0.1) is 0 Å². The van der Waals surface area contributed by atoms with E-state index in [9.17, 15) is 23.2 Å². The molecule has 0 saturated heterocycles. The predicted molar refractivity (Wildman–Crippen MR) is 106 cm³/mol. The van der Waals surface area contributed by atoms with Gasteiger partial charge in [0.15, 0.2) is 18.2 Å². The first-order valence-corrected chi connectivity index (χ1v) is 9.04. The van der Waals surface area contributed by atoms with Crippen molar-refractivity contribution in [3.8, 4) is 5.75 Å². The largest absolute Gasteiger partial charge is 0.497 e. The molecule has 2 N–H and O–H groups in total. The molecule has 0 saturated carbocycles. The standard InChI is InChI=1S/C21H18F2N2O6/c1-11-14-8-13(29-2)4-6-17(14)31-20(11)21(28)30-10-19(27)24-9-18(26)25-12-3-5-15(22)16(23)7-12/h3-8H,9-10H2,1-2H3,(H,24,27)(H,25,26). The molecule has 3 aromatic rings. The fraction of sp³-hybridized carbons (Fsp3) is 0.190. The van der Waals surface area contributed by atoms with Crippen molar-refractivity contribution < 1.29 is 37.1 Å². The number of furan rings is 1. The minimum Gasteiger partial charge on any atom is -0.497 e. The van der Waals surface area contributed by atoms with E-state index in [-0.39, 0.29) is 11.4 Å². The van der Waals surface area contributed by atoms with Crippen LogP contribution in [0.1, 0.15) is 16.1 Å². The SMILES string of the molecule is COc1ccc2oc(C(=O)OCC(=O)NCC(=O)Nc3ccc(F)c(F)c3)c(C)c2c1. The van der Waals surface area contributed by atoms with E-state index in [2.05, 4.69) is 10.6 Å². The van der Waals surface area contributed by atoms with E-state index in [0.29, 0.717) is 22.3 Å². The first-order chi connectivity index (χ1) is 14.8. The summed E-state index contributed by atoms with van der Waals surface area (Å²) in [6.45, 7) is 0.570. The number of aryl methyl sites for hydroxylation is 1. The Morgan fingerprint density at radius 1 is 1.03 bits per heavy atom. The van der Waals surface area contributed by atoms with Gasteiger partial charge in [0, 0.05) is 22.7 Å². The smallest absolute Gasteiger partial charge is 0.375 e. The zero-order valence-electron chi connectivity index (χ0n) is 16.6. The molecule has 0 fully saturated rings. The number of carbonyl (C=O) groups excluding carboxylic acids is 3. The monoisotopic (exact) mass is 432 g/mol. The number of nitrogens with one attached hydrogen (secondary N) is 2. The summed E-state index contributed by atoms with van der Waals surface area (Å²) < 4.78 is 41.6. The van der Waals surface area contributed by atoms with E-state index in [1.54, 1.807) is 25.1 Å². The number of ether oxygens (including phenoxy) is 2. The molecule has 0 aliphatic rings. The molecule has 0 aliphatic carbocycles. The lowest BCUT2D eigenvalue weighted by atomic mass is 10.1. The maximum absolute atomic E-state index is 13.1. The normalized spacial score (nSPS) is 10.6. The van der Waals surface area contributed by atoms with Gasteiger partial charge in [-0.3, -0.25) is 9.59 Å². The number of hydrogen-bond donors (Lipinski definition) is 2. The van der Waals surface area contributed by atoms with E-state index in [1.807, 2.05) is 0 Å². The zero-order chi connectivity index (χ0) is 22.5. The van der Waals surface area contributed by atoms with Crippen molar-refractivity contribution in [1.82, 2.24) is 5.32 Å². The minimum absolute atomic E-state index is 0.0292. The van der Waals surface area contributed by atoms with Crippen molar-refractivity contribution in [2.45, 2.75) is 6.92 Å². The second-order valence-corrected chi connectivity index (χ2v) is 6.45. The highest BCUT2D eigenvalue weighted by Gasteiger charge is 2.20. The van der Waals surface area contributed by atoms with E-state index in [4.69, 9.17) is 13.9 Å². The summed E-state index contributed by atoms with van der Waals surface area (Å²) >= 11 is 0. The van der Waals surface area contributed by atoms with Gasteiger partial charge in [-0.2, -0.15) is 0 Å². The molecule has 162 valence electrons. The number of esters is 1. The van der Waals surface area contributed by atoms with Crippen molar-refractivity contribution in [2.24, 2.45) is 0 Å². The average Bonchev–Trinajstić information content (AvgIpc) is 3.09. The van der Waals surface area contributed by atoms with E-state index in [0.717, 1.165) is 12.1 Å². The number of rotatable bonds is 7. The van der Waals surface area contributed by atoms with Gasteiger partial charge in [-0.1, -0.05) is 0 Å². The number of halogens is 2. The molecule has 0 atom stereocenters. The topological polar surface area (TPSA) is 107 Å². The summed E-state index contributed by atoms with van der Waals surface area (Å²) in [6.07, 6.45) is 0. The molecule has 0 spiro atoms. The van der Waals surface area contributed by atoms with Crippen LogP contribution in [0.2, 0.25) is 0 Å². The second-order valence-electron chi connectivity index (χ2n) is 6.45. The van der Waals surface area contributed by atoms with Crippen molar-refractivity contribution in [2.75, 3.05) is 25.6 Å². The molecule has 2 aromatic carbocycles. The Kier molecular flexibility index (Phi) is 6.49. The fourth-order valence-electron chi connectivity index (χ4n) is 2.73. The molecule has 2 amide bonds. The Hall–Kier alpha value is -3.95. The summed E-state index contributed by atoms with van der Waals surface area (Å²) in [5, 5.41) is 5.21. The molecular weight excluding hydrogens is 414 g/mol. The zero-order valence-corrected chi connectivity index (χ0v) is 16.6. The average molecular weight is 432 g/mol. The predicted octanol–water partition coefficient (Wildman–Crippen LogP) is 2.94. The van der Waals surface area contributed by atoms with Crippen LogP contribution in [0.25, 0.3) is 11.0 Å². The third-order valence-electron chi connectivity index (χ3n) is 4.31. The number of fused-ring (bicyclic) bond motifs is 1. The van der Waals surface area contributed by atoms with Crippen LogP contribution < -0.4 is 15.4 Å². The lowest BCUT2D eigenvalue weighted by Crippen LogP contribution is -2.35. The Labute approximate surface area is 175 Å². The summed E-state index contributed by atoms with van der Waals surface area (Å²) in [5.74, 6) is -3.87. The molecular formula is C21H18F2N2O6. The van der Waals surface area contributed by atoms with Crippen LogP contribution >= 0.6 is 0 Å². The maximum atomic E-state index is 13.1. The maximum Gasteiger partial charge on any atom is 0.375 e. The summed E-state index contributed by atoms with van der Waals surface area (Å²) in [4.78, 5) is 35.9. The van der Waals surface area contributed by atoms with Gasteiger partial charge in [0.2, 0.25) is 11.7 Å². The molecule has 1 aromatic heterocycles. The first kappa shape index (κ1) is 21.8. The highest BCUT2D eigenvalue weighted by Crippen LogP contribution is 2.29. The van der Waals surface area contributed by atoms with Gasteiger partial charge in [-0.05, 0) is 37.3 Å². The molecule has 1 heterocycles. The molecule has 8 nitrogen and oxygen atoms in total. The molecule has 3 rings (SSSR count). The molecule has 0 unspecified atom stereocenters. The van der Waals surface area contributed by atoms with Crippen LogP contribution in [-0.2, 0) is 14.3 Å². The highest BCUT2D eigenvalue weighted by molar-refractivity contribution is 5.98. The summed E-state index contributed by atoms with van der Waals surface area (Å²) in [6, 6.07) is 7.88. The van der Waals surface area contributed by atoms with Crippen molar-refractivity contribution in [3.05, 3.63) is 59.4 Å². The Bertz CT molecular complexity index is 1160. The number of methoxy groups -OCH3 is 1. The van der Waals surface area contributed by atoms with Crippen molar-refractivity contribution >= 4 is 34.4 Å². The van der Waals surface area contributed by atoms with Gasteiger partial charge in [0.1, 0.15) is 11.3 Å². The summed E-state index contributed by atoms with van der Waals surface area (Å²) in [7, 11) is 1.52. The van der Waals surface area contributed by atoms with Crippen LogP contribution in [0.5, 0.6) is 5.75 Å². The number of carbonyl (C=O) groups is 3. The Morgan fingerprint density at radius 2 is 1.81 bits per heavy atom. The third kappa shape index (κ3) is 5.16. The van der Waals surface area contributed by atoms with Crippen LogP contribution in [0.15, 0.2) is 40.8 Å². The number of benzene rings is 2. The third-order valence-corrected chi connectivity index (χ3v) is 4.31. The minimum atomic E-state index is -1.12. The molecule has 10 heteroatoms. The quantitative estimate of drug-likeness (QED) is 0.556. The van der Waals surface area contributed by atoms with Gasteiger partial charge in [-0.25, -0.2) is 13.6 Å². The van der Waals surface area contributed by atoms with Crippen LogP contribution in [0.3, 0.4) is 0 Å². The molecule has 0 radical (unpaired) electrons. The van der Waals surface area contributed by atoms with Crippen molar-refractivity contribution in [1.29, 1.82) is 0 Å². The second kappa shape index (κ2) is 9.24. The van der Waals surface area contributed by atoms with Gasteiger partial charge in [0.05, 0.1) is 13.7 Å². The highest BCUT2D eigenvalue weighted by atomic mass is 19.2. The van der Waals surface area contributed by atoms with E-state index < -0.39 is 42.6 Å². The van der Waals surface area contributed by atoms with Crippen molar-refractivity contribution in [3.63, 3.8) is 0 Å². The molecule has 0 aliphatic heterocycles. The van der Waals surface area contributed by atoms with Crippen LogP contribution in [0.4, 0.5) is 14.5 Å². The van der Waals surface area contributed by atoms with E-state index >= 15 is 0 Å². The fourth-order valence-corrected chi connectivity index (χ4v) is 2.73. The van der Waals surface area contributed by atoms with Crippen LogP contribution in [-0.4, -0.2) is 38.0 Å². The van der Waals surface area contributed by atoms with E-state index in [1.165, 1.54) is 13.2 Å². The van der Waals surface area contributed by atoms with Gasteiger partial charge < -0.3 is 24.5 Å². The Morgan fingerprint density at radius 3 is 2.52 bits per heavy atom. The lowest BCUT2D eigenvalue weighted by Gasteiger charge is -2.07. The van der Waals surface area contributed by atoms with Crippen LogP contribution in [0, 0.1) is 18.6 Å². The molecule has 0 bridgehead atoms. The van der Waals surface area contributed by atoms with Gasteiger partial charge in [0.25, 0.3) is 5.91 Å². The number of amides is 2. The first-order valence-electron chi connectivity index (χ1n) is 9.04. The summed E-state index contributed by atoms with van der Waals surface area (Å²) in [5.41, 5.74) is 1.02. The number of hydrogen-bond acceptors (Lipinski definition) is 6. The Balaban J connectivity index is 1.50. The molecule has 31 heavy (non-hydrogen) atoms. The lowest BCUT2D eigenvalue weighted by molar-refractivity contribution is -0.126. The number of anilines is 1.